The average Bonchev–Trinajstić information content (AvgIpc) is 2.43. The maximum atomic E-state index is 12.6. The lowest BCUT2D eigenvalue weighted by atomic mass is 10.1. The molecule has 2 N–H and O–H groups in total. The van der Waals surface area contributed by atoms with Gasteiger partial charge in [0.05, 0.1) is 11.3 Å². The number of benzene rings is 2. The quantitative estimate of drug-likeness (QED) is 0.884. The van der Waals surface area contributed by atoms with E-state index in [2.05, 4.69) is 15.9 Å². The van der Waals surface area contributed by atoms with Crippen molar-refractivity contribution in [2.75, 3.05) is 11.4 Å². The van der Waals surface area contributed by atoms with Gasteiger partial charge in [-0.25, -0.2) is 0 Å². The van der Waals surface area contributed by atoms with E-state index in [1.807, 2.05) is 13.8 Å². The second-order valence-electron chi connectivity index (χ2n) is 4.68. The predicted molar refractivity (Wildman–Crippen MR) is 86.0 cm³/mol. The monoisotopic (exact) mass is 349 g/mol. The second kappa shape index (κ2) is 6.18. The molecule has 0 atom stereocenters. The Hall–Kier alpha value is -2.01. The number of carbonyl (C=O) groups excluding carboxylic acids is 1. The number of hydrogen-bond donors (Lipinski definition) is 2. The van der Waals surface area contributed by atoms with Gasteiger partial charge >= 0.3 is 0 Å². The molecule has 0 bridgehead atoms. The van der Waals surface area contributed by atoms with Crippen molar-refractivity contribution in [3.8, 4) is 11.5 Å². The molecule has 0 radical (unpaired) electrons. The summed E-state index contributed by atoms with van der Waals surface area (Å²) < 4.78 is 0.702. The molecule has 0 spiro atoms. The standard InChI is InChI=1S/C16H16BrNO3/c1-3-18(14-9-12(19)6-4-10(14)2)16(21)13-7-5-11(17)8-15(13)20/h4-9,19-20H,3H2,1-2H3. The van der Waals surface area contributed by atoms with Crippen molar-refractivity contribution in [3.05, 3.63) is 52.0 Å². The van der Waals surface area contributed by atoms with Gasteiger partial charge in [-0.05, 0) is 43.7 Å². The number of amides is 1. The van der Waals surface area contributed by atoms with Gasteiger partial charge in [-0.2, -0.15) is 0 Å². The number of hydrogen-bond acceptors (Lipinski definition) is 3. The molecule has 1 amide bonds. The molecule has 0 saturated heterocycles. The summed E-state index contributed by atoms with van der Waals surface area (Å²) in [5.74, 6) is -0.288. The minimum absolute atomic E-state index is 0.0781. The number of phenolic OH excluding ortho intramolecular Hbond substituents is 2. The van der Waals surface area contributed by atoms with E-state index >= 15 is 0 Å². The Morgan fingerprint density at radius 2 is 1.90 bits per heavy atom. The number of nitrogens with zero attached hydrogens (tertiary/aromatic N) is 1. The Kier molecular flexibility index (Phi) is 4.53. The van der Waals surface area contributed by atoms with Gasteiger partial charge in [-0.1, -0.05) is 22.0 Å². The topological polar surface area (TPSA) is 60.8 Å². The first kappa shape index (κ1) is 15.4. The minimum Gasteiger partial charge on any atom is -0.508 e. The van der Waals surface area contributed by atoms with Crippen LogP contribution in [-0.2, 0) is 0 Å². The number of aromatic hydroxyl groups is 2. The molecular formula is C16H16BrNO3. The summed E-state index contributed by atoms with van der Waals surface area (Å²) in [6.07, 6.45) is 0. The Labute approximate surface area is 131 Å². The van der Waals surface area contributed by atoms with Crippen molar-refractivity contribution in [2.45, 2.75) is 13.8 Å². The maximum Gasteiger partial charge on any atom is 0.262 e. The number of halogens is 1. The van der Waals surface area contributed by atoms with E-state index in [0.29, 0.717) is 16.7 Å². The zero-order valence-electron chi connectivity index (χ0n) is 11.8. The number of aryl methyl sites for hydroxylation is 1. The predicted octanol–water partition coefficient (Wildman–Crippen LogP) is 3.84. The molecule has 21 heavy (non-hydrogen) atoms. The molecule has 0 aliphatic carbocycles. The van der Waals surface area contributed by atoms with E-state index in [1.165, 1.54) is 11.0 Å². The molecule has 110 valence electrons. The largest absolute Gasteiger partial charge is 0.508 e. The van der Waals surface area contributed by atoms with Crippen LogP contribution in [0, 0.1) is 6.92 Å². The van der Waals surface area contributed by atoms with Crippen molar-refractivity contribution in [1.29, 1.82) is 0 Å². The lowest BCUT2D eigenvalue weighted by molar-refractivity contribution is 0.0985. The van der Waals surface area contributed by atoms with E-state index in [0.717, 1.165) is 5.56 Å². The van der Waals surface area contributed by atoms with Crippen LogP contribution in [0.1, 0.15) is 22.8 Å². The summed E-state index contributed by atoms with van der Waals surface area (Å²) in [7, 11) is 0. The Morgan fingerprint density at radius 1 is 1.19 bits per heavy atom. The fourth-order valence-corrected chi connectivity index (χ4v) is 2.49. The van der Waals surface area contributed by atoms with E-state index in [9.17, 15) is 15.0 Å². The van der Waals surface area contributed by atoms with Crippen molar-refractivity contribution < 1.29 is 15.0 Å². The highest BCUT2D eigenvalue weighted by Crippen LogP contribution is 2.29. The number of rotatable bonds is 3. The van der Waals surface area contributed by atoms with Gasteiger partial charge < -0.3 is 15.1 Å². The summed E-state index contributed by atoms with van der Waals surface area (Å²) in [6.45, 7) is 4.14. The Bertz CT molecular complexity index is 685. The first-order valence-corrected chi connectivity index (χ1v) is 7.33. The zero-order valence-corrected chi connectivity index (χ0v) is 13.4. The van der Waals surface area contributed by atoms with E-state index in [1.54, 1.807) is 30.3 Å². The van der Waals surface area contributed by atoms with Gasteiger partial charge in [0.15, 0.2) is 0 Å². The van der Waals surface area contributed by atoms with Crippen LogP contribution < -0.4 is 4.90 Å². The molecular weight excluding hydrogens is 334 g/mol. The van der Waals surface area contributed by atoms with E-state index in [4.69, 9.17) is 0 Å². The van der Waals surface area contributed by atoms with Gasteiger partial charge in [0.2, 0.25) is 0 Å². The highest BCUT2D eigenvalue weighted by Gasteiger charge is 2.21. The summed E-state index contributed by atoms with van der Waals surface area (Å²) >= 11 is 3.25. The summed E-state index contributed by atoms with van der Waals surface area (Å²) in [4.78, 5) is 14.2. The Morgan fingerprint density at radius 3 is 2.52 bits per heavy atom. The summed E-state index contributed by atoms with van der Waals surface area (Å²) in [5.41, 5.74) is 1.73. The lowest BCUT2D eigenvalue weighted by Gasteiger charge is -2.23. The first-order chi connectivity index (χ1) is 9.93. The maximum absolute atomic E-state index is 12.6. The molecule has 0 aromatic heterocycles. The average molecular weight is 350 g/mol. The van der Waals surface area contributed by atoms with Crippen LogP contribution >= 0.6 is 15.9 Å². The fourth-order valence-electron chi connectivity index (χ4n) is 2.14. The molecule has 0 fully saturated rings. The molecule has 0 aliphatic heterocycles. The van der Waals surface area contributed by atoms with Crippen LogP contribution in [-0.4, -0.2) is 22.7 Å². The van der Waals surface area contributed by atoms with Crippen molar-refractivity contribution in [2.24, 2.45) is 0 Å². The van der Waals surface area contributed by atoms with E-state index in [-0.39, 0.29) is 23.0 Å². The van der Waals surface area contributed by atoms with Crippen LogP contribution in [0.4, 0.5) is 5.69 Å². The molecule has 0 saturated carbocycles. The van der Waals surface area contributed by atoms with Crippen LogP contribution in [0.2, 0.25) is 0 Å². The Balaban J connectivity index is 2.45. The van der Waals surface area contributed by atoms with Crippen LogP contribution in [0.25, 0.3) is 0 Å². The summed E-state index contributed by atoms with van der Waals surface area (Å²) in [5, 5.41) is 19.6. The molecule has 2 aromatic rings. The number of anilines is 1. The normalized spacial score (nSPS) is 10.4. The van der Waals surface area contributed by atoms with Crippen molar-refractivity contribution in [1.82, 2.24) is 0 Å². The zero-order chi connectivity index (χ0) is 15.6. The van der Waals surface area contributed by atoms with Gasteiger partial charge in [0.1, 0.15) is 11.5 Å². The third-order valence-corrected chi connectivity index (χ3v) is 3.73. The van der Waals surface area contributed by atoms with Gasteiger partial charge in [-0.15, -0.1) is 0 Å². The van der Waals surface area contributed by atoms with Gasteiger partial charge in [-0.3, -0.25) is 4.79 Å². The molecule has 0 aliphatic rings. The van der Waals surface area contributed by atoms with Crippen molar-refractivity contribution in [3.63, 3.8) is 0 Å². The molecule has 5 heteroatoms. The lowest BCUT2D eigenvalue weighted by Crippen LogP contribution is -2.31. The van der Waals surface area contributed by atoms with Crippen molar-refractivity contribution >= 4 is 27.5 Å². The summed E-state index contributed by atoms with van der Waals surface area (Å²) in [6, 6.07) is 9.64. The van der Waals surface area contributed by atoms with Crippen LogP contribution in [0.5, 0.6) is 11.5 Å². The number of carbonyl (C=O) groups is 1. The van der Waals surface area contributed by atoms with Crippen LogP contribution in [0.15, 0.2) is 40.9 Å². The fraction of sp³-hybridized carbons (Fsp3) is 0.188. The molecule has 0 unspecified atom stereocenters. The third-order valence-electron chi connectivity index (χ3n) is 3.24. The van der Waals surface area contributed by atoms with Gasteiger partial charge in [0, 0.05) is 17.1 Å². The highest BCUT2D eigenvalue weighted by molar-refractivity contribution is 9.10. The molecule has 0 heterocycles. The second-order valence-corrected chi connectivity index (χ2v) is 5.60. The van der Waals surface area contributed by atoms with Crippen LogP contribution in [0.3, 0.4) is 0 Å². The van der Waals surface area contributed by atoms with Gasteiger partial charge in [0.25, 0.3) is 5.91 Å². The molecule has 2 rings (SSSR count). The molecule has 2 aromatic carbocycles. The molecule has 4 nitrogen and oxygen atoms in total. The van der Waals surface area contributed by atoms with E-state index < -0.39 is 0 Å². The first-order valence-electron chi connectivity index (χ1n) is 6.54. The number of phenols is 2. The highest BCUT2D eigenvalue weighted by atomic mass is 79.9. The smallest absolute Gasteiger partial charge is 0.262 e. The SMILES string of the molecule is CCN(C(=O)c1ccc(Br)cc1O)c1cc(O)ccc1C. The minimum atomic E-state index is -0.309. The third kappa shape index (κ3) is 3.19.